The molecule has 0 saturated carbocycles. The average Bonchev–Trinajstić information content (AvgIpc) is 2.94. The second-order valence-electron chi connectivity index (χ2n) is 5.92. The maximum absolute atomic E-state index is 13.0. The van der Waals surface area contributed by atoms with Crippen LogP contribution >= 0.6 is 0 Å². The van der Waals surface area contributed by atoms with Crippen LogP contribution in [0.1, 0.15) is 12.0 Å². The zero-order valence-corrected chi connectivity index (χ0v) is 14.5. The summed E-state index contributed by atoms with van der Waals surface area (Å²) in [6, 6.07) is 13.2. The van der Waals surface area contributed by atoms with Crippen molar-refractivity contribution in [1.82, 2.24) is 9.97 Å². The van der Waals surface area contributed by atoms with E-state index in [1.807, 2.05) is 18.2 Å². The number of hydrogen-bond acceptors (Lipinski definition) is 6. The SMILES string of the molecule is Fc1ccc(Oc2ccnc(NCc3cccc4c3OCCCO4)n2)cc1. The molecule has 0 aliphatic carbocycles. The first-order valence-corrected chi connectivity index (χ1v) is 8.66. The quantitative estimate of drug-likeness (QED) is 0.730. The maximum atomic E-state index is 13.0. The van der Waals surface area contributed by atoms with E-state index in [1.54, 1.807) is 24.4 Å². The van der Waals surface area contributed by atoms with Crippen LogP contribution in [-0.2, 0) is 6.54 Å². The molecule has 0 radical (unpaired) electrons. The number of nitrogens with one attached hydrogen (secondary N) is 1. The number of fused-ring (bicyclic) bond motifs is 1. The van der Waals surface area contributed by atoms with Gasteiger partial charge in [0.15, 0.2) is 11.5 Å². The highest BCUT2D eigenvalue weighted by molar-refractivity contribution is 5.48. The lowest BCUT2D eigenvalue weighted by atomic mass is 10.2. The number of hydrogen-bond donors (Lipinski definition) is 1. The van der Waals surface area contributed by atoms with Crippen LogP contribution in [0.3, 0.4) is 0 Å². The van der Waals surface area contributed by atoms with Gasteiger partial charge in [-0.3, -0.25) is 0 Å². The van der Waals surface area contributed by atoms with E-state index in [9.17, 15) is 4.39 Å². The van der Waals surface area contributed by atoms with Crippen LogP contribution in [0.15, 0.2) is 54.7 Å². The molecule has 138 valence electrons. The van der Waals surface area contributed by atoms with E-state index < -0.39 is 0 Å². The largest absolute Gasteiger partial charge is 0.490 e. The Hall–Kier alpha value is -3.35. The van der Waals surface area contributed by atoms with Crippen LogP contribution in [0.2, 0.25) is 0 Å². The monoisotopic (exact) mass is 367 g/mol. The first-order chi connectivity index (χ1) is 13.3. The Bertz CT molecular complexity index is 919. The molecule has 0 unspecified atom stereocenters. The lowest BCUT2D eigenvalue weighted by molar-refractivity contribution is 0.296. The van der Waals surface area contributed by atoms with Gasteiger partial charge in [-0.1, -0.05) is 12.1 Å². The minimum absolute atomic E-state index is 0.319. The zero-order valence-electron chi connectivity index (χ0n) is 14.5. The second-order valence-corrected chi connectivity index (χ2v) is 5.92. The Morgan fingerprint density at radius 2 is 1.89 bits per heavy atom. The van der Waals surface area contributed by atoms with Crippen LogP contribution in [0, 0.1) is 5.82 Å². The topological polar surface area (TPSA) is 65.5 Å². The summed E-state index contributed by atoms with van der Waals surface area (Å²) >= 11 is 0. The van der Waals surface area contributed by atoms with Crippen molar-refractivity contribution in [2.24, 2.45) is 0 Å². The van der Waals surface area contributed by atoms with Gasteiger partial charge in [0.05, 0.1) is 13.2 Å². The number of anilines is 1. The van der Waals surface area contributed by atoms with Gasteiger partial charge in [-0.05, 0) is 30.3 Å². The van der Waals surface area contributed by atoms with Crippen molar-refractivity contribution in [3.63, 3.8) is 0 Å². The number of ether oxygens (including phenoxy) is 3. The van der Waals surface area contributed by atoms with E-state index in [2.05, 4.69) is 15.3 Å². The summed E-state index contributed by atoms with van der Waals surface area (Å²) in [6.45, 7) is 1.75. The standard InChI is InChI=1S/C20H18FN3O3/c21-15-5-7-16(8-6-15)27-18-9-10-22-20(24-18)23-13-14-3-1-4-17-19(14)26-12-2-11-25-17/h1,3-10H,2,11-13H2,(H,22,23,24). The molecule has 0 spiro atoms. The Balaban J connectivity index is 1.45. The lowest BCUT2D eigenvalue weighted by Crippen LogP contribution is -2.06. The molecule has 1 aromatic heterocycles. The minimum Gasteiger partial charge on any atom is -0.490 e. The van der Waals surface area contributed by atoms with E-state index in [0.717, 1.165) is 23.5 Å². The summed E-state index contributed by atoms with van der Waals surface area (Å²) in [7, 11) is 0. The molecule has 2 heterocycles. The molecule has 0 fully saturated rings. The van der Waals surface area contributed by atoms with Crippen molar-refractivity contribution in [1.29, 1.82) is 0 Å². The van der Waals surface area contributed by atoms with Gasteiger partial charge in [0.1, 0.15) is 11.6 Å². The normalized spacial score (nSPS) is 12.9. The Kier molecular flexibility index (Phi) is 5.00. The van der Waals surface area contributed by atoms with E-state index in [-0.39, 0.29) is 5.82 Å². The smallest absolute Gasteiger partial charge is 0.226 e. The van der Waals surface area contributed by atoms with Crippen LogP contribution < -0.4 is 19.5 Å². The van der Waals surface area contributed by atoms with Crippen molar-refractivity contribution in [3.05, 3.63) is 66.1 Å². The van der Waals surface area contributed by atoms with Crippen molar-refractivity contribution >= 4 is 5.95 Å². The predicted octanol–water partition coefficient (Wildman–Crippen LogP) is 4.18. The summed E-state index contributed by atoms with van der Waals surface area (Å²) < 4.78 is 30.1. The number of halogens is 1. The molecule has 0 bridgehead atoms. The molecule has 1 aliphatic rings. The summed E-state index contributed by atoms with van der Waals surface area (Å²) in [5, 5.41) is 3.17. The molecule has 2 aromatic carbocycles. The van der Waals surface area contributed by atoms with Gasteiger partial charge in [0.2, 0.25) is 11.8 Å². The number of benzene rings is 2. The van der Waals surface area contributed by atoms with Gasteiger partial charge in [-0.2, -0.15) is 4.98 Å². The average molecular weight is 367 g/mol. The number of rotatable bonds is 5. The molecule has 27 heavy (non-hydrogen) atoms. The van der Waals surface area contributed by atoms with E-state index >= 15 is 0 Å². The third-order valence-electron chi connectivity index (χ3n) is 3.96. The Labute approximate surface area is 155 Å². The molecule has 0 atom stereocenters. The first-order valence-electron chi connectivity index (χ1n) is 8.66. The summed E-state index contributed by atoms with van der Waals surface area (Å²) in [6.07, 6.45) is 2.45. The van der Waals surface area contributed by atoms with Gasteiger partial charge in [-0.15, -0.1) is 0 Å². The van der Waals surface area contributed by atoms with Gasteiger partial charge >= 0.3 is 0 Å². The molecule has 7 heteroatoms. The van der Waals surface area contributed by atoms with Gasteiger partial charge in [-0.25, -0.2) is 9.37 Å². The van der Waals surface area contributed by atoms with Gasteiger partial charge in [0.25, 0.3) is 0 Å². The fourth-order valence-corrected chi connectivity index (χ4v) is 2.68. The Morgan fingerprint density at radius 1 is 1.04 bits per heavy atom. The highest BCUT2D eigenvalue weighted by Gasteiger charge is 2.14. The lowest BCUT2D eigenvalue weighted by Gasteiger charge is -2.13. The third kappa shape index (κ3) is 4.25. The van der Waals surface area contributed by atoms with E-state index in [4.69, 9.17) is 14.2 Å². The molecule has 3 aromatic rings. The van der Waals surface area contributed by atoms with Crippen molar-refractivity contribution < 1.29 is 18.6 Å². The van der Waals surface area contributed by atoms with Crippen molar-refractivity contribution in [2.75, 3.05) is 18.5 Å². The van der Waals surface area contributed by atoms with Gasteiger partial charge < -0.3 is 19.5 Å². The van der Waals surface area contributed by atoms with E-state index in [1.165, 1.54) is 12.1 Å². The fourth-order valence-electron chi connectivity index (χ4n) is 2.68. The van der Waals surface area contributed by atoms with E-state index in [0.29, 0.717) is 37.3 Å². The minimum atomic E-state index is -0.319. The Morgan fingerprint density at radius 3 is 2.78 bits per heavy atom. The van der Waals surface area contributed by atoms with Crippen molar-refractivity contribution in [3.8, 4) is 23.1 Å². The van der Waals surface area contributed by atoms with Crippen molar-refractivity contribution in [2.45, 2.75) is 13.0 Å². The molecule has 0 amide bonds. The van der Waals surface area contributed by atoms with Gasteiger partial charge in [0, 0.05) is 30.8 Å². The molecule has 1 N–H and O–H groups in total. The summed E-state index contributed by atoms with van der Waals surface area (Å²) in [4.78, 5) is 8.53. The number of nitrogens with zero attached hydrogens (tertiary/aromatic N) is 2. The molecular weight excluding hydrogens is 349 g/mol. The van der Waals surface area contributed by atoms with Crippen LogP contribution in [-0.4, -0.2) is 23.2 Å². The molecule has 1 aliphatic heterocycles. The first kappa shape index (κ1) is 17.1. The highest BCUT2D eigenvalue weighted by atomic mass is 19.1. The predicted molar refractivity (Wildman–Crippen MR) is 97.9 cm³/mol. The summed E-state index contributed by atoms with van der Waals surface area (Å²) in [5.41, 5.74) is 0.961. The summed E-state index contributed by atoms with van der Waals surface area (Å²) in [5.74, 6) is 2.47. The number of para-hydroxylation sites is 1. The second kappa shape index (κ2) is 7.90. The number of aromatic nitrogens is 2. The fraction of sp³-hybridized carbons (Fsp3) is 0.200. The zero-order chi connectivity index (χ0) is 18.5. The molecule has 4 rings (SSSR count). The molecule has 6 nitrogen and oxygen atoms in total. The van der Waals surface area contributed by atoms with Crippen LogP contribution in [0.4, 0.5) is 10.3 Å². The third-order valence-corrected chi connectivity index (χ3v) is 3.96. The highest BCUT2D eigenvalue weighted by Crippen LogP contribution is 2.33. The van der Waals surface area contributed by atoms with Crippen LogP contribution in [0.5, 0.6) is 23.1 Å². The maximum Gasteiger partial charge on any atom is 0.226 e. The molecule has 0 saturated heterocycles. The van der Waals surface area contributed by atoms with Crippen LogP contribution in [0.25, 0.3) is 0 Å². The molecular formula is C20H18FN3O3.